The molecular formula is C13H23F3N2. The number of alkyl halides is 3. The molecule has 2 nitrogen and oxygen atoms in total. The minimum absolute atomic E-state index is 0.302. The van der Waals surface area contributed by atoms with E-state index in [9.17, 15) is 13.2 Å². The first-order valence-corrected chi connectivity index (χ1v) is 6.97. The molecule has 2 aliphatic rings. The average Bonchev–Trinajstić information content (AvgIpc) is 2.81. The molecular weight excluding hydrogens is 241 g/mol. The number of nitrogens with zero attached hydrogens (tertiary/aromatic N) is 1. The molecule has 2 fully saturated rings. The molecule has 0 bridgehead atoms. The number of halogens is 3. The maximum Gasteiger partial charge on any atom is 0.391 e. The van der Waals surface area contributed by atoms with Crippen molar-refractivity contribution in [1.29, 1.82) is 0 Å². The topological polar surface area (TPSA) is 15.3 Å². The highest BCUT2D eigenvalue weighted by Gasteiger charge is 2.41. The molecule has 1 unspecified atom stereocenters. The summed E-state index contributed by atoms with van der Waals surface area (Å²) in [5, 5.41) is 3.44. The lowest BCUT2D eigenvalue weighted by atomic mass is 9.85. The summed E-state index contributed by atoms with van der Waals surface area (Å²) < 4.78 is 37.7. The van der Waals surface area contributed by atoms with E-state index in [2.05, 4.69) is 17.3 Å². The van der Waals surface area contributed by atoms with Crippen LogP contribution in [0, 0.1) is 5.92 Å². The van der Waals surface area contributed by atoms with Crippen molar-refractivity contribution in [2.45, 2.75) is 56.8 Å². The van der Waals surface area contributed by atoms with Crippen molar-refractivity contribution in [3.05, 3.63) is 0 Å². The summed E-state index contributed by atoms with van der Waals surface area (Å²) in [5.41, 5.74) is 0. The van der Waals surface area contributed by atoms with Crippen LogP contribution >= 0.6 is 0 Å². The van der Waals surface area contributed by atoms with E-state index in [1.165, 1.54) is 12.8 Å². The highest BCUT2D eigenvalue weighted by molar-refractivity contribution is 4.84. The lowest BCUT2D eigenvalue weighted by Crippen LogP contribution is -2.43. The minimum Gasteiger partial charge on any atom is -0.313 e. The highest BCUT2D eigenvalue weighted by atomic mass is 19.4. The largest absolute Gasteiger partial charge is 0.391 e. The zero-order valence-electron chi connectivity index (χ0n) is 11.0. The normalized spacial score (nSPS) is 34.2. The number of rotatable bonds is 3. The minimum atomic E-state index is -3.99. The molecule has 0 amide bonds. The quantitative estimate of drug-likeness (QED) is 0.843. The van der Waals surface area contributed by atoms with Crippen LogP contribution in [0.15, 0.2) is 0 Å². The molecule has 1 N–H and O–H groups in total. The smallest absolute Gasteiger partial charge is 0.313 e. The third-order valence-electron chi connectivity index (χ3n) is 4.45. The first-order valence-electron chi connectivity index (χ1n) is 6.97. The Morgan fingerprint density at radius 1 is 1.11 bits per heavy atom. The number of likely N-dealkylation sites (N-methyl/N-ethyl adjacent to an activating group) is 1. The summed E-state index contributed by atoms with van der Waals surface area (Å²) in [6, 6.07) is 0.876. The summed E-state index contributed by atoms with van der Waals surface area (Å²) in [6.07, 6.45) is 0.409. The Morgan fingerprint density at radius 2 is 1.78 bits per heavy atom. The Hall–Kier alpha value is -0.290. The van der Waals surface area contributed by atoms with Gasteiger partial charge in [0.05, 0.1) is 5.92 Å². The fraction of sp³-hybridized carbons (Fsp3) is 1.00. The van der Waals surface area contributed by atoms with Crippen LogP contribution in [0.5, 0.6) is 0 Å². The van der Waals surface area contributed by atoms with E-state index >= 15 is 0 Å². The van der Waals surface area contributed by atoms with Crippen molar-refractivity contribution >= 4 is 0 Å². The molecule has 0 aromatic rings. The maximum absolute atomic E-state index is 12.6. The Bertz CT molecular complexity index is 253. The van der Waals surface area contributed by atoms with Crippen LogP contribution in [0.4, 0.5) is 13.2 Å². The summed E-state index contributed by atoms with van der Waals surface area (Å²) in [7, 11) is 2.05. The van der Waals surface area contributed by atoms with Crippen LogP contribution in [-0.4, -0.2) is 43.3 Å². The number of hydrogen-bond acceptors (Lipinski definition) is 2. The predicted molar refractivity (Wildman–Crippen MR) is 65.5 cm³/mol. The molecule has 1 atom stereocenters. The molecule has 1 heterocycles. The predicted octanol–water partition coefficient (Wildman–Crippen LogP) is 2.79. The van der Waals surface area contributed by atoms with Crippen molar-refractivity contribution in [2.75, 3.05) is 20.1 Å². The Labute approximate surface area is 107 Å². The van der Waals surface area contributed by atoms with Crippen molar-refractivity contribution in [2.24, 2.45) is 5.92 Å². The molecule has 1 aliphatic carbocycles. The van der Waals surface area contributed by atoms with Gasteiger partial charge in [0.2, 0.25) is 0 Å². The van der Waals surface area contributed by atoms with Crippen LogP contribution in [-0.2, 0) is 0 Å². The molecule has 0 aromatic heterocycles. The number of nitrogens with one attached hydrogen (secondary N) is 1. The second-order valence-electron chi connectivity index (χ2n) is 5.78. The molecule has 106 valence electrons. The first kappa shape index (κ1) is 14.1. The Kier molecular flexibility index (Phi) is 4.54. The molecule has 0 radical (unpaired) electrons. The molecule has 1 saturated heterocycles. The lowest BCUT2D eigenvalue weighted by Gasteiger charge is -2.36. The Balaban J connectivity index is 1.74. The zero-order valence-corrected chi connectivity index (χ0v) is 11.0. The van der Waals surface area contributed by atoms with Gasteiger partial charge in [-0.15, -0.1) is 0 Å². The van der Waals surface area contributed by atoms with Gasteiger partial charge < -0.3 is 10.2 Å². The SMILES string of the molecule is CN(CC1CCCN1)C1CCC(C(F)(F)F)CC1. The van der Waals surface area contributed by atoms with E-state index < -0.39 is 12.1 Å². The highest BCUT2D eigenvalue weighted by Crippen LogP contribution is 2.38. The number of hydrogen-bond donors (Lipinski definition) is 1. The summed E-state index contributed by atoms with van der Waals surface area (Å²) >= 11 is 0. The van der Waals surface area contributed by atoms with Crippen LogP contribution in [0.3, 0.4) is 0 Å². The van der Waals surface area contributed by atoms with Gasteiger partial charge in [-0.25, -0.2) is 0 Å². The van der Waals surface area contributed by atoms with Crippen molar-refractivity contribution in [3.63, 3.8) is 0 Å². The van der Waals surface area contributed by atoms with Gasteiger partial charge in [0.25, 0.3) is 0 Å². The third-order valence-corrected chi connectivity index (χ3v) is 4.45. The van der Waals surface area contributed by atoms with Crippen molar-refractivity contribution in [3.8, 4) is 0 Å². The van der Waals surface area contributed by atoms with Gasteiger partial charge in [-0.3, -0.25) is 0 Å². The van der Waals surface area contributed by atoms with E-state index in [-0.39, 0.29) is 0 Å². The third kappa shape index (κ3) is 3.60. The molecule has 0 aromatic carbocycles. The van der Waals surface area contributed by atoms with Gasteiger partial charge in [-0.2, -0.15) is 13.2 Å². The molecule has 2 rings (SSSR count). The van der Waals surface area contributed by atoms with Crippen LogP contribution in [0.2, 0.25) is 0 Å². The molecule has 0 spiro atoms. The van der Waals surface area contributed by atoms with Gasteiger partial charge in [0.15, 0.2) is 0 Å². The van der Waals surface area contributed by atoms with E-state index in [4.69, 9.17) is 0 Å². The van der Waals surface area contributed by atoms with Crippen molar-refractivity contribution < 1.29 is 13.2 Å². The molecule has 1 saturated carbocycles. The fourth-order valence-corrected chi connectivity index (χ4v) is 3.25. The fourth-order valence-electron chi connectivity index (χ4n) is 3.25. The van der Waals surface area contributed by atoms with E-state index in [1.54, 1.807) is 0 Å². The van der Waals surface area contributed by atoms with E-state index in [0.29, 0.717) is 37.8 Å². The summed E-state index contributed by atoms with van der Waals surface area (Å²) in [6.45, 7) is 2.06. The Morgan fingerprint density at radius 3 is 2.28 bits per heavy atom. The van der Waals surface area contributed by atoms with Crippen LogP contribution in [0.1, 0.15) is 38.5 Å². The van der Waals surface area contributed by atoms with E-state index in [1.807, 2.05) is 0 Å². The first-order chi connectivity index (χ1) is 8.47. The summed E-state index contributed by atoms with van der Waals surface area (Å²) in [4.78, 5) is 2.26. The van der Waals surface area contributed by atoms with Gasteiger partial charge in [0.1, 0.15) is 0 Å². The summed E-state index contributed by atoms with van der Waals surface area (Å²) in [5.74, 6) is -1.06. The van der Waals surface area contributed by atoms with Crippen LogP contribution < -0.4 is 5.32 Å². The van der Waals surface area contributed by atoms with Gasteiger partial charge in [-0.1, -0.05) is 0 Å². The van der Waals surface area contributed by atoms with E-state index in [0.717, 1.165) is 13.1 Å². The van der Waals surface area contributed by atoms with Crippen molar-refractivity contribution in [1.82, 2.24) is 10.2 Å². The monoisotopic (exact) mass is 264 g/mol. The average molecular weight is 264 g/mol. The second kappa shape index (κ2) is 5.78. The standard InChI is InChI=1S/C13H23F3N2/c1-18(9-11-3-2-8-17-11)12-6-4-10(5-7-12)13(14,15)16/h10-12,17H,2-9H2,1H3. The van der Waals surface area contributed by atoms with Crippen LogP contribution in [0.25, 0.3) is 0 Å². The lowest BCUT2D eigenvalue weighted by molar-refractivity contribution is -0.184. The van der Waals surface area contributed by atoms with Gasteiger partial charge in [0, 0.05) is 18.6 Å². The van der Waals surface area contributed by atoms with Gasteiger partial charge >= 0.3 is 6.18 Å². The maximum atomic E-state index is 12.6. The molecule has 5 heteroatoms. The second-order valence-corrected chi connectivity index (χ2v) is 5.78. The molecule has 18 heavy (non-hydrogen) atoms. The molecule has 1 aliphatic heterocycles. The zero-order chi connectivity index (χ0) is 13.2. The van der Waals surface area contributed by atoms with Gasteiger partial charge in [-0.05, 0) is 52.1 Å².